The molecule has 0 bridgehead atoms. The first kappa shape index (κ1) is 31.9. The first-order valence-corrected chi connectivity index (χ1v) is 17.7. The van der Waals surface area contributed by atoms with Crippen molar-refractivity contribution < 1.29 is 28.9 Å². The molecular weight excluding hydrogens is 634 g/mol. The molecule has 6 aromatic rings. The zero-order chi connectivity index (χ0) is 31.2. The van der Waals surface area contributed by atoms with E-state index in [4.69, 9.17) is 35.3 Å². The van der Waals surface area contributed by atoms with E-state index in [9.17, 15) is 0 Å². The highest BCUT2D eigenvalue weighted by Crippen LogP contribution is 2.57. The first-order chi connectivity index (χ1) is 21.2. The van der Waals surface area contributed by atoms with E-state index in [1.165, 1.54) is 21.2 Å². The fourth-order valence-corrected chi connectivity index (χ4v) is 11.2. The fraction of sp³-hybridized carbons (Fsp3) is 0.0294. The number of para-hydroxylation sites is 1. The maximum Gasteiger partial charge on any atom is 0.165 e. The van der Waals surface area contributed by atoms with Crippen molar-refractivity contribution >= 4 is 51.8 Å². The molecule has 1 N–H and O–H groups in total. The van der Waals surface area contributed by atoms with Crippen molar-refractivity contribution in [2.75, 3.05) is 0 Å². The molecule has 1 aromatic heterocycles. The van der Waals surface area contributed by atoms with Gasteiger partial charge in [0.25, 0.3) is 0 Å². The fourth-order valence-electron chi connectivity index (χ4n) is 5.12. The van der Waals surface area contributed by atoms with Crippen LogP contribution in [0.15, 0.2) is 156 Å². The van der Waals surface area contributed by atoms with E-state index in [1.807, 2.05) is 18.2 Å². The lowest BCUT2D eigenvalue weighted by Crippen LogP contribution is -2.58. The summed E-state index contributed by atoms with van der Waals surface area (Å²) < 4.78 is 34.8. The van der Waals surface area contributed by atoms with Crippen molar-refractivity contribution in [3.8, 4) is 5.69 Å². The minimum absolute atomic E-state index is 0.729. The van der Waals surface area contributed by atoms with Gasteiger partial charge in [0.05, 0.1) is 20.6 Å². The molecule has 0 spiro atoms. The average molecular weight is 663 g/mol. The highest BCUT2D eigenvalue weighted by Gasteiger charge is 2.52. The van der Waals surface area contributed by atoms with Crippen LogP contribution in [0.1, 0.15) is 5.69 Å². The third kappa shape index (κ3) is 7.24. The van der Waals surface area contributed by atoms with E-state index in [2.05, 4.69) is 139 Å². The van der Waals surface area contributed by atoms with Crippen LogP contribution in [0.25, 0.3) is 5.69 Å². The Labute approximate surface area is 268 Å². The summed E-state index contributed by atoms with van der Waals surface area (Å²) in [6.45, 7) is 2.16. The Morgan fingerprint density at radius 2 is 1.05 bits per heavy atom. The molecule has 6 nitrogen and oxygen atoms in total. The molecule has 0 atom stereocenters. The summed E-state index contributed by atoms with van der Waals surface area (Å²) in [7, 11) is -7.05. The van der Waals surface area contributed by atoms with E-state index in [1.54, 1.807) is 11.8 Å². The second-order valence-electron chi connectivity index (χ2n) is 9.62. The average Bonchev–Trinajstić information content (AvgIpc) is 3.35. The lowest BCUT2D eigenvalue weighted by Gasteiger charge is -2.28. The van der Waals surface area contributed by atoms with E-state index in [0.29, 0.717) is 0 Å². The topological polar surface area (TPSA) is 107 Å². The summed E-state index contributed by atoms with van der Waals surface area (Å²) in [5.74, 6) is 0. The summed E-state index contributed by atoms with van der Waals surface area (Å²) in [5, 5.41) is 12.3. The Kier molecular flexibility index (Phi) is 10.2. The molecule has 0 aliphatic rings. The number of hydrogen-bond donors (Lipinski definition) is 1. The molecule has 5 aromatic carbocycles. The van der Waals surface area contributed by atoms with Gasteiger partial charge in [-0.1, -0.05) is 96.2 Å². The predicted molar refractivity (Wildman–Crippen MR) is 171 cm³/mol. The Balaban J connectivity index is 0.000000712. The van der Waals surface area contributed by atoms with Gasteiger partial charge in [-0.05, 0) is 79.7 Å². The summed E-state index contributed by atoms with van der Waals surface area (Å²) in [6, 6.07) is 51.4. The van der Waals surface area contributed by atoms with Crippen LogP contribution < -0.4 is 35.2 Å². The molecule has 222 valence electrons. The van der Waals surface area contributed by atoms with Gasteiger partial charge in [0.2, 0.25) is 0 Å². The number of aromatic nitrogens is 2. The Bertz CT molecular complexity index is 1680. The monoisotopic (exact) mass is 661 g/mol. The number of aryl methyl sites for hydroxylation is 1. The van der Waals surface area contributed by atoms with Gasteiger partial charge in [0, 0.05) is 9.92 Å². The Morgan fingerprint density at radius 3 is 1.45 bits per heavy atom. The molecule has 6 rings (SSSR count). The molecule has 0 radical (unpaired) electrons. The second kappa shape index (κ2) is 14.1. The zero-order valence-electron chi connectivity index (χ0n) is 23.5. The number of halogens is 2. The maximum absolute atomic E-state index is 8.60. The van der Waals surface area contributed by atoms with Crippen molar-refractivity contribution in [1.82, 2.24) is 9.78 Å². The predicted octanol–water partition coefficient (Wildman–Crippen LogP) is 3.48. The summed E-state index contributed by atoms with van der Waals surface area (Å²) >= 11 is 8.01. The van der Waals surface area contributed by atoms with E-state index in [-0.39, 0.29) is 0 Å². The van der Waals surface area contributed by atoms with Crippen LogP contribution in [0.5, 0.6) is 0 Å². The molecule has 10 heteroatoms. The van der Waals surface area contributed by atoms with Crippen LogP contribution in [-0.2, 0) is 0 Å². The maximum atomic E-state index is 8.60. The number of hydrogen-bond acceptors (Lipinski definition) is 6. The summed E-state index contributed by atoms with van der Waals surface area (Å²) in [5.41, 5.74) is 2.07. The molecule has 0 fully saturated rings. The molecular formula is C34H28Cl2N2O4PS+. The van der Waals surface area contributed by atoms with Crippen LogP contribution in [0.3, 0.4) is 0 Å². The number of nitrogens with zero attached hydrogens (tertiary/aromatic N) is 2. The third-order valence-corrected chi connectivity index (χ3v) is 12.7. The van der Waals surface area contributed by atoms with Crippen molar-refractivity contribution in [2.24, 2.45) is 0 Å². The summed E-state index contributed by atoms with van der Waals surface area (Å²) in [4.78, 5) is 1.12. The van der Waals surface area contributed by atoms with E-state index < -0.39 is 17.5 Å². The van der Waals surface area contributed by atoms with Crippen molar-refractivity contribution in [3.05, 3.63) is 156 Å². The third-order valence-electron chi connectivity index (χ3n) is 6.78. The minimum Gasteiger partial charge on any atom is -0.222 e. The molecule has 0 amide bonds. The normalized spacial score (nSPS) is 11.5. The van der Waals surface area contributed by atoms with E-state index >= 15 is 0 Å². The quantitative estimate of drug-likeness (QED) is 0.263. The van der Waals surface area contributed by atoms with Crippen molar-refractivity contribution in [3.63, 3.8) is 0 Å². The van der Waals surface area contributed by atoms with Crippen LogP contribution in [-0.4, -0.2) is 14.4 Å². The molecule has 0 unspecified atom stereocenters. The van der Waals surface area contributed by atoms with Gasteiger partial charge in [-0.25, -0.2) is 4.68 Å². The number of rotatable bonds is 7. The summed E-state index contributed by atoms with van der Waals surface area (Å²) in [6.07, 6.45) is 0. The van der Waals surface area contributed by atoms with Crippen LogP contribution in [0.2, 0.25) is 5.02 Å². The minimum atomic E-state index is -4.69. The van der Waals surface area contributed by atoms with Gasteiger partial charge in [-0.15, -0.1) is 0 Å². The van der Waals surface area contributed by atoms with Gasteiger partial charge >= 0.3 is 0 Å². The number of benzene rings is 5. The van der Waals surface area contributed by atoms with Crippen LogP contribution in [0, 0.1) is 17.2 Å². The largest absolute Gasteiger partial charge is 0.222 e. The SMILES string of the molecule is Cc1nn(-c2ccccc2)c(Sc2ccc(Cl)cc2)c1[P+](c1ccccc1)(c1ccccc1)c1ccccc1.[O-][Cl+3]([O-])([O-])O. The Morgan fingerprint density at radius 1 is 0.659 bits per heavy atom. The molecule has 0 saturated heterocycles. The van der Waals surface area contributed by atoms with Gasteiger partial charge < -0.3 is 0 Å². The van der Waals surface area contributed by atoms with Gasteiger partial charge in [-0.2, -0.15) is 19.1 Å². The van der Waals surface area contributed by atoms with Crippen molar-refractivity contribution in [2.45, 2.75) is 16.8 Å². The molecule has 1 heterocycles. The van der Waals surface area contributed by atoms with Crippen LogP contribution >= 0.6 is 30.6 Å². The zero-order valence-corrected chi connectivity index (χ0v) is 26.8. The van der Waals surface area contributed by atoms with Gasteiger partial charge in [-0.3, -0.25) is 0 Å². The lowest BCUT2D eigenvalue weighted by molar-refractivity contribution is -1.92. The standard InChI is InChI=1S/C34H27ClN2PS.ClHO4/c1-26-33(34(39-32-24-22-27(35)23-25-32)37(36-26)28-14-6-2-7-15-28)38(29-16-8-3-9-17-29,30-18-10-4-11-19-30)31-20-12-5-13-21-31;2-1(3,4)5/h2-25H,1H3;(H,2,3,4,5)/q+1;. The van der Waals surface area contributed by atoms with Gasteiger partial charge in [0.1, 0.15) is 33.9 Å². The van der Waals surface area contributed by atoms with Gasteiger partial charge in [0.15, 0.2) is 5.30 Å². The molecule has 0 saturated carbocycles. The van der Waals surface area contributed by atoms with Crippen molar-refractivity contribution in [1.29, 1.82) is 0 Å². The first-order valence-electron chi connectivity index (χ1n) is 13.5. The second-order valence-corrected chi connectivity index (χ2v) is 15.2. The smallest absolute Gasteiger partial charge is 0.165 e. The Hall–Kier alpha value is -3.49. The molecule has 0 aliphatic carbocycles. The molecule has 44 heavy (non-hydrogen) atoms. The lowest BCUT2D eigenvalue weighted by atomic mass is 10.3. The molecule has 0 aliphatic heterocycles. The highest BCUT2D eigenvalue weighted by molar-refractivity contribution is 8.04. The van der Waals surface area contributed by atoms with Crippen LogP contribution in [0.4, 0.5) is 0 Å². The highest BCUT2D eigenvalue weighted by atomic mass is 35.7. The van der Waals surface area contributed by atoms with E-state index in [0.717, 1.165) is 26.3 Å².